The molecule has 12 nitrogen and oxygen atoms in total. The summed E-state index contributed by atoms with van der Waals surface area (Å²) in [5.41, 5.74) is 4.36. The summed E-state index contributed by atoms with van der Waals surface area (Å²) in [5, 5.41) is 1.08. The lowest BCUT2D eigenvalue weighted by Gasteiger charge is -2.23. The fraction of sp³-hybridized carbons (Fsp3) is 0.346. The molecule has 6 aromatic rings. The Morgan fingerprint density at radius 2 is 1.04 bits per heavy atom. The lowest BCUT2D eigenvalue weighted by Crippen LogP contribution is -2.36. The van der Waals surface area contributed by atoms with Crippen molar-refractivity contribution in [3.63, 3.8) is 0 Å². The van der Waals surface area contributed by atoms with Gasteiger partial charge in [0.25, 0.3) is 11.1 Å². The van der Waals surface area contributed by atoms with Crippen molar-refractivity contribution in [2.45, 2.75) is 60.4 Å². The van der Waals surface area contributed by atoms with Crippen LogP contribution in [0.5, 0.6) is 11.5 Å². The first-order valence-electron chi connectivity index (χ1n) is 22.0. The number of esters is 2. The van der Waals surface area contributed by atoms with Crippen molar-refractivity contribution in [3.05, 3.63) is 144 Å². The van der Waals surface area contributed by atoms with Gasteiger partial charge in [-0.05, 0) is 105 Å². The molecule has 1 amide bonds. The van der Waals surface area contributed by atoms with Crippen molar-refractivity contribution in [3.8, 4) is 11.5 Å². The first-order chi connectivity index (χ1) is 32.5. The largest absolute Gasteiger partial charge is 0.494 e. The Bertz CT molecular complexity index is 2370. The van der Waals surface area contributed by atoms with Gasteiger partial charge in [0.05, 0.1) is 32.8 Å². The van der Waals surface area contributed by atoms with E-state index in [2.05, 4.69) is 47.8 Å². The minimum absolute atomic E-state index is 0.0940. The Hall–Kier alpha value is -5.79. The molecule has 67 heavy (non-hydrogen) atoms. The normalized spacial score (nSPS) is 10.1. The zero-order valence-corrected chi connectivity index (χ0v) is 41.8. The van der Waals surface area contributed by atoms with Gasteiger partial charge in [-0.2, -0.15) is 0 Å². The quantitative estimate of drug-likeness (QED) is 0.0490. The predicted molar refractivity (Wildman–Crippen MR) is 271 cm³/mol. The Morgan fingerprint density at radius 1 is 0.582 bits per heavy atom. The third-order valence-electron chi connectivity index (χ3n) is 9.81. The number of carbonyl (C=O) groups excluding carboxylic acids is 4. The van der Waals surface area contributed by atoms with Crippen LogP contribution in [0.4, 0.5) is 0 Å². The van der Waals surface area contributed by atoms with E-state index in [1.165, 1.54) is 30.1 Å². The summed E-state index contributed by atoms with van der Waals surface area (Å²) in [6.45, 7) is 14.6. The van der Waals surface area contributed by atoms with Crippen LogP contribution in [0.2, 0.25) is 0 Å². The summed E-state index contributed by atoms with van der Waals surface area (Å²) < 4.78 is 20.4. The molecule has 0 aliphatic carbocycles. The molecule has 0 N–H and O–H groups in total. The van der Waals surface area contributed by atoms with E-state index >= 15 is 0 Å². The second kappa shape index (κ2) is 33.6. The lowest BCUT2D eigenvalue weighted by molar-refractivity contribution is -0.144. The maximum atomic E-state index is 13.4. The van der Waals surface area contributed by atoms with Crippen LogP contribution in [0, 0.1) is 0 Å². The van der Waals surface area contributed by atoms with E-state index in [4.69, 9.17) is 53.8 Å². The first kappa shape index (κ1) is 57.3. The number of aryl methyl sites for hydroxylation is 1. The topological polar surface area (TPSA) is 137 Å². The molecule has 0 aliphatic heterocycles. The molecule has 6 rings (SSSR count). The van der Waals surface area contributed by atoms with E-state index < -0.39 is 11.2 Å². The second-order valence-corrected chi connectivity index (χ2v) is 15.2. The smallest absolute Gasteiger partial charge is 0.325 e. The van der Waals surface area contributed by atoms with Crippen molar-refractivity contribution < 1.29 is 38.1 Å². The standard InChI is InChI=1S/C22H22N2O4.C12H16O2.C11H8ClNO2.C6H15N.CH2Cl2/c1-3-28-20(25)15-24(14-16-8-5-4-6-9-16)22(26)18-11-12-19(27-2)21-17(18)10-7-13-23-21;1-2-14-12(13)10-6-9-11-7-4-3-5-8-11;1-15-9-5-4-8(11(12)14)7-3-2-6-13-10(7)9;1-4-7(5-2)6-3;2-1-3/h4-13H,3,14-15H2,1-2H3;3-5,7-8H,2,6,9-10H2,1H3;2-6H,1H3;4-6H2,1-3H3;1H2. The molecule has 0 radical (unpaired) electrons. The van der Waals surface area contributed by atoms with Gasteiger partial charge in [0.15, 0.2) is 0 Å². The summed E-state index contributed by atoms with van der Waals surface area (Å²) in [7, 11) is 3.12. The van der Waals surface area contributed by atoms with Crippen LogP contribution in [0.1, 0.15) is 79.3 Å². The number of amides is 1. The van der Waals surface area contributed by atoms with E-state index in [1.807, 2.05) is 61.5 Å². The summed E-state index contributed by atoms with van der Waals surface area (Å²) in [6.07, 6.45) is 5.62. The highest BCUT2D eigenvalue weighted by Gasteiger charge is 2.23. The zero-order chi connectivity index (χ0) is 49.4. The predicted octanol–water partition coefficient (Wildman–Crippen LogP) is 11.4. The van der Waals surface area contributed by atoms with Crippen molar-refractivity contribution in [2.24, 2.45) is 0 Å². The number of methoxy groups -OCH3 is 2. The van der Waals surface area contributed by atoms with E-state index in [-0.39, 0.29) is 30.4 Å². The third kappa shape index (κ3) is 20.3. The minimum Gasteiger partial charge on any atom is -0.494 e. The highest BCUT2D eigenvalue weighted by Crippen LogP contribution is 2.29. The number of ether oxygens (including phenoxy) is 4. The van der Waals surface area contributed by atoms with Crippen LogP contribution >= 0.6 is 34.8 Å². The van der Waals surface area contributed by atoms with Crippen molar-refractivity contribution in [1.82, 2.24) is 19.8 Å². The van der Waals surface area contributed by atoms with E-state index in [1.54, 1.807) is 76.0 Å². The van der Waals surface area contributed by atoms with Crippen LogP contribution < -0.4 is 9.47 Å². The van der Waals surface area contributed by atoms with Gasteiger partial charge in [0, 0.05) is 47.3 Å². The maximum Gasteiger partial charge on any atom is 0.325 e. The molecule has 4 aromatic carbocycles. The number of hydrogen-bond donors (Lipinski definition) is 0. The molecule has 0 saturated carbocycles. The summed E-state index contributed by atoms with van der Waals surface area (Å²) >= 11 is 15.0. The number of halogens is 3. The van der Waals surface area contributed by atoms with Crippen molar-refractivity contribution in [1.29, 1.82) is 0 Å². The van der Waals surface area contributed by atoms with Gasteiger partial charge in [0.1, 0.15) is 29.1 Å². The van der Waals surface area contributed by atoms with Crippen LogP contribution in [-0.4, -0.2) is 102 Å². The number of nitrogens with zero attached hydrogens (tertiary/aromatic N) is 4. The van der Waals surface area contributed by atoms with Gasteiger partial charge in [-0.25, -0.2) is 0 Å². The fourth-order valence-electron chi connectivity index (χ4n) is 6.50. The molecule has 0 aliphatic rings. The number of pyridine rings is 2. The van der Waals surface area contributed by atoms with Crippen LogP contribution in [-0.2, 0) is 32.0 Å². The Kier molecular flexibility index (Phi) is 28.8. The van der Waals surface area contributed by atoms with Crippen LogP contribution in [0.15, 0.2) is 122 Å². The Morgan fingerprint density at radius 3 is 1.49 bits per heavy atom. The fourth-order valence-corrected chi connectivity index (χ4v) is 6.67. The number of fused-ring (bicyclic) bond motifs is 2. The molecule has 0 atom stereocenters. The summed E-state index contributed by atoms with van der Waals surface area (Å²) in [6, 6.07) is 33.6. The van der Waals surface area contributed by atoms with Gasteiger partial charge < -0.3 is 28.7 Å². The molecule has 0 fully saturated rings. The third-order valence-corrected chi connectivity index (χ3v) is 10.0. The summed E-state index contributed by atoms with van der Waals surface area (Å²) in [4.78, 5) is 60.0. The number of carbonyl (C=O) groups is 4. The van der Waals surface area contributed by atoms with E-state index in [0.717, 1.165) is 18.4 Å². The molecule has 2 aromatic heterocycles. The van der Waals surface area contributed by atoms with Gasteiger partial charge in [-0.3, -0.25) is 29.1 Å². The highest BCUT2D eigenvalue weighted by molar-refractivity contribution is 6.68. The summed E-state index contributed by atoms with van der Waals surface area (Å²) in [5.74, 6) is 0.420. The molecule has 2 heterocycles. The Labute approximate surface area is 410 Å². The average molecular weight is 978 g/mol. The van der Waals surface area contributed by atoms with Crippen LogP contribution in [0.25, 0.3) is 21.8 Å². The zero-order valence-electron chi connectivity index (χ0n) is 39.5. The Balaban J connectivity index is 0.000000334. The van der Waals surface area contributed by atoms with Gasteiger partial charge >= 0.3 is 11.9 Å². The van der Waals surface area contributed by atoms with Crippen molar-refractivity contribution >= 4 is 79.7 Å². The van der Waals surface area contributed by atoms with E-state index in [0.29, 0.717) is 64.0 Å². The molecule has 15 heteroatoms. The van der Waals surface area contributed by atoms with Gasteiger partial charge in [-0.15, -0.1) is 23.2 Å². The molecule has 0 bridgehead atoms. The lowest BCUT2D eigenvalue weighted by atomic mass is 10.1. The number of alkyl halides is 2. The number of rotatable bonds is 17. The molecule has 0 unspecified atom stereocenters. The molecule has 0 saturated heterocycles. The van der Waals surface area contributed by atoms with Crippen molar-refractivity contribution in [2.75, 3.05) is 59.0 Å². The minimum atomic E-state index is -0.490. The number of benzene rings is 4. The van der Waals surface area contributed by atoms with Crippen LogP contribution in [0.3, 0.4) is 0 Å². The highest BCUT2D eigenvalue weighted by atomic mass is 35.5. The molecule has 0 spiro atoms. The van der Waals surface area contributed by atoms with Gasteiger partial charge in [-0.1, -0.05) is 93.6 Å². The second-order valence-electron chi connectivity index (χ2n) is 14.0. The maximum absolute atomic E-state index is 13.4. The van der Waals surface area contributed by atoms with Gasteiger partial charge in [0.2, 0.25) is 0 Å². The molecule has 360 valence electrons. The monoisotopic (exact) mass is 976 g/mol. The first-order valence-corrected chi connectivity index (χ1v) is 23.5. The molecular weight excluding hydrogens is 915 g/mol. The number of aromatic nitrogens is 2. The SMILES string of the molecule is CCN(CC)CC.CCOC(=O)CCCc1ccccc1.CCOC(=O)CN(Cc1ccccc1)C(=O)c1ccc(OC)c2ncccc12.COc1ccc(C(=O)Cl)c2cccnc12.ClCCl. The number of hydrogen-bond acceptors (Lipinski definition) is 11. The average Bonchev–Trinajstić information content (AvgIpc) is 3.35. The van der Waals surface area contributed by atoms with E-state index in [9.17, 15) is 19.2 Å². The molecular formula is C52H63Cl3N4O8.